The van der Waals surface area contributed by atoms with Crippen LogP contribution in [0.1, 0.15) is 38.5 Å². The number of hydrazine groups is 1. The van der Waals surface area contributed by atoms with E-state index >= 15 is 0 Å². The predicted molar refractivity (Wildman–Crippen MR) is 41.3 cm³/mol. The number of hydrogen-bond donors (Lipinski definition) is 1. The van der Waals surface area contributed by atoms with Gasteiger partial charge in [-0.2, -0.15) is 0 Å². The molecule has 1 aliphatic carbocycles. The van der Waals surface area contributed by atoms with Gasteiger partial charge in [-0.25, -0.2) is 5.01 Å². The largest absolute Gasteiger partial charge is 0.268 e. The molecule has 0 radical (unpaired) electrons. The first-order chi connectivity index (χ1) is 4.89. The van der Waals surface area contributed by atoms with E-state index in [1.165, 1.54) is 38.5 Å². The van der Waals surface area contributed by atoms with E-state index in [-0.39, 0.29) is 0 Å². The van der Waals surface area contributed by atoms with Crippen LogP contribution >= 0.6 is 0 Å². The molecule has 0 bridgehead atoms. The summed E-state index contributed by atoms with van der Waals surface area (Å²) >= 11 is 0. The lowest BCUT2D eigenvalue weighted by molar-refractivity contribution is 0.488. The second kappa shape index (κ2) is 2.51. The molecule has 2 fully saturated rings. The topological polar surface area (TPSA) is 29.0 Å². The Kier molecular flexibility index (Phi) is 1.66. The van der Waals surface area contributed by atoms with Crippen molar-refractivity contribution in [3.05, 3.63) is 0 Å². The number of nitrogens with two attached hydrogens (primary N) is 1. The van der Waals surface area contributed by atoms with Gasteiger partial charge in [-0.15, -0.1) is 0 Å². The lowest BCUT2D eigenvalue weighted by atomic mass is 10.0. The van der Waals surface area contributed by atoms with E-state index < -0.39 is 0 Å². The minimum Gasteiger partial charge on any atom is -0.268 e. The molecule has 0 spiro atoms. The van der Waals surface area contributed by atoms with Crippen molar-refractivity contribution in [3.8, 4) is 0 Å². The summed E-state index contributed by atoms with van der Waals surface area (Å²) in [5, 5.41) is 2.05. The van der Waals surface area contributed by atoms with Crippen molar-refractivity contribution in [1.82, 2.24) is 5.01 Å². The zero-order valence-electron chi connectivity index (χ0n) is 6.42. The molecule has 2 nitrogen and oxygen atoms in total. The van der Waals surface area contributed by atoms with Crippen LogP contribution in [0.4, 0.5) is 0 Å². The van der Waals surface area contributed by atoms with E-state index in [1.54, 1.807) is 0 Å². The highest BCUT2D eigenvalue weighted by molar-refractivity contribution is 4.98. The van der Waals surface area contributed by atoms with E-state index in [0.29, 0.717) is 0 Å². The fraction of sp³-hybridized carbons (Fsp3) is 1.00. The Balaban J connectivity index is 1.86. The number of rotatable bonds is 0. The Morgan fingerprint density at radius 1 is 0.900 bits per heavy atom. The average Bonchev–Trinajstić information content (AvgIpc) is 2.39. The number of nitrogens with zero attached hydrogens (tertiary/aromatic N) is 1. The Labute approximate surface area is 62.4 Å². The molecular weight excluding hydrogens is 124 g/mol. The molecule has 1 saturated carbocycles. The van der Waals surface area contributed by atoms with Gasteiger partial charge >= 0.3 is 0 Å². The van der Waals surface area contributed by atoms with Gasteiger partial charge in [-0.1, -0.05) is 25.7 Å². The van der Waals surface area contributed by atoms with Crippen molar-refractivity contribution in [3.63, 3.8) is 0 Å². The van der Waals surface area contributed by atoms with Crippen LogP contribution in [0, 0.1) is 0 Å². The van der Waals surface area contributed by atoms with Crippen LogP contribution in [0.25, 0.3) is 0 Å². The minimum atomic E-state index is 0.764. The van der Waals surface area contributed by atoms with Crippen molar-refractivity contribution < 1.29 is 0 Å². The summed E-state index contributed by atoms with van der Waals surface area (Å²) in [6, 6.07) is 1.53. The van der Waals surface area contributed by atoms with E-state index in [4.69, 9.17) is 5.84 Å². The van der Waals surface area contributed by atoms with Crippen molar-refractivity contribution in [2.45, 2.75) is 50.6 Å². The molecule has 2 atom stereocenters. The maximum Gasteiger partial charge on any atom is 0.0414 e. The van der Waals surface area contributed by atoms with Gasteiger partial charge in [0.25, 0.3) is 0 Å². The fourth-order valence-electron chi connectivity index (χ4n) is 2.10. The monoisotopic (exact) mass is 140 g/mol. The molecule has 1 heterocycles. The lowest BCUT2D eigenvalue weighted by Gasteiger charge is -2.03. The van der Waals surface area contributed by atoms with Crippen LogP contribution in [0.3, 0.4) is 0 Å². The molecule has 1 saturated heterocycles. The highest BCUT2D eigenvalue weighted by Gasteiger charge is 2.44. The van der Waals surface area contributed by atoms with Crippen molar-refractivity contribution >= 4 is 0 Å². The van der Waals surface area contributed by atoms with Gasteiger partial charge in [0.2, 0.25) is 0 Å². The molecule has 0 aromatic carbocycles. The quantitative estimate of drug-likeness (QED) is 0.405. The molecule has 0 amide bonds. The predicted octanol–water partition coefficient (Wildman–Crippen LogP) is 1.27. The molecular formula is C8H16N2. The van der Waals surface area contributed by atoms with Gasteiger partial charge in [-0.05, 0) is 12.8 Å². The van der Waals surface area contributed by atoms with Gasteiger partial charge in [0.1, 0.15) is 0 Å². The summed E-state index contributed by atoms with van der Waals surface area (Å²) < 4.78 is 0. The van der Waals surface area contributed by atoms with E-state index in [1.807, 2.05) is 5.01 Å². The zero-order valence-corrected chi connectivity index (χ0v) is 6.42. The van der Waals surface area contributed by atoms with Crippen molar-refractivity contribution in [1.29, 1.82) is 0 Å². The first kappa shape index (κ1) is 6.62. The third kappa shape index (κ3) is 1.06. The first-order valence-electron chi connectivity index (χ1n) is 4.42. The van der Waals surface area contributed by atoms with Crippen LogP contribution in [-0.4, -0.2) is 17.1 Å². The molecule has 0 aromatic rings. The third-order valence-electron chi connectivity index (χ3n) is 2.87. The molecule has 58 valence electrons. The van der Waals surface area contributed by atoms with Gasteiger partial charge in [0, 0.05) is 12.1 Å². The Bertz CT molecular complexity index is 110. The maximum atomic E-state index is 5.74. The molecule has 1 aliphatic heterocycles. The normalized spacial score (nSPS) is 47.1. The summed E-state index contributed by atoms with van der Waals surface area (Å²) in [6.45, 7) is 0. The summed E-state index contributed by atoms with van der Waals surface area (Å²) in [5.41, 5.74) is 0. The van der Waals surface area contributed by atoms with Crippen molar-refractivity contribution in [2.24, 2.45) is 5.84 Å². The second-order valence-electron chi connectivity index (χ2n) is 3.57. The Morgan fingerprint density at radius 2 is 1.40 bits per heavy atom. The molecule has 2 unspecified atom stereocenters. The maximum absolute atomic E-state index is 5.74. The van der Waals surface area contributed by atoms with Gasteiger partial charge in [0.15, 0.2) is 0 Å². The van der Waals surface area contributed by atoms with Crippen LogP contribution in [0.5, 0.6) is 0 Å². The summed E-state index contributed by atoms with van der Waals surface area (Å²) in [4.78, 5) is 0. The lowest BCUT2D eigenvalue weighted by Crippen LogP contribution is -2.10. The number of hydrogen-bond acceptors (Lipinski definition) is 2. The molecule has 10 heavy (non-hydrogen) atoms. The van der Waals surface area contributed by atoms with Crippen LogP contribution in [0.15, 0.2) is 0 Å². The standard InChI is InChI=1S/C8H16N2/c9-10-7-5-3-1-2-4-6-8(7)10/h7-8H,1-6,9H2. The summed E-state index contributed by atoms with van der Waals surface area (Å²) in [7, 11) is 0. The van der Waals surface area contributed by atoms with Crippen LogP contribution in [0.2, 0.25) is 0 Å². The molecule has 2 heteroatoms. The van der Waals surface area contributed by atoms with Crippen LogP contribution in [-0.2, 0) is 0 Å². The Hall–Kier alpha value is -0.0800. The molecule has 0 aromatic heterocycles. The fourth-order valence-corrected chi connectivity index (χ4v) is 2.10. The van der Waals surface area contributed by atoms with Crippen LogP contribution < -0.4 is 5.84 Å². The Morgan fingerprint density at radius 3 is 1.90 bits per heavy atom. The highest BCUT2D eigenvalue weighted by atomic mass is 15.6. The van der Waals surface area contributed by atoms with E-state index in [2.05, 4.69) is 0 Å². The third-order valence-corrected chi connectivity index (χ3v) is 2.87. The van der Waals surface area contributed by atoms with Crippen molar-refractivity contribution in [2.75, 3.05) is 0 Å². The molecule has 2 rings (SSSR count). The first-order valence-corrected chi connectivity index (χ1v) is 4.42. The van der Waals surface area contributed by atoms with Gasteiger partial charge < -0.3 is 0 Å². The van der Waals surface area contributed by atoms with Gasteiger partial charge in [0.05, 0.1) is 0 Å². The molecule has 2 N–H and O–H groups in total. The van der Waals surface area contributed by atoms with E-state index in [0.717, 1.165) is 12.1 Å². The smallest absolute Gasteiger partial charge is 0.0414 e. The second-order valence-corrected chi connectivity index (χ2v) is 3.57. The zero-order chi connectivity index (χ0) is 6.97. The minimum absolute atomic E-state index is 0.764. The van der Waals surface area contributed by atoms with Gasteiger partial charge in [-0.3, -0.25) is 5.84 Å². The average molecular weight is 140 g/mol. The van der Waals surface area contributed by atoms with E-state index in [9.17, 15) is 0 Å². The number of fused-ring (bicyclic) bond motifs is 1. The highest BCUT2D eigenvalue weighted by Crippen LogP contribution is 2.34. The summed E-state index contributed by atoms with van der Waals surface area (Å²) in [5.74, 6) is 5.74. The SMILES string of the molecule is NN1C2CCCCCCC21. The summed E-state index contributed by atoms with van der Waals surface area (Å²) in [6.07, 6.45) is 8.35. The molecule has 2 aliphatic rings.